The molecule has 0 bridgehead atoms. The summed E-state index contributed by atoms with van der Waals surface area (Å²) in [5.41, 5.74) is 0.868. The molecule has 1 aromatic carbocycles. The van der Waals surface area contributed by atoms with Gasteiger partial charge in [-0.15, -0.1) is 0 Å². The van der Waals surface area contributed by atoms with E-state index in [2.05, 4.69) is 10.6 Å². The number of carbonyl (C=O) groups excluding carboxylic acids is 2. The molecule has 0 radical (unpaired) electrons. The number of urea groups is 1. The highest BCUT2D eigenvalue weighted by Gasteiger charge is 2.31. The third-order valence-corrected chi connectivity index (χ3v) is 3.34. The van der Waals surface area contributed by atoms with Crippen LogP contribution in [0.4, 0.5) is 10.5 Å². The van der Waals surface area contributed by atoms with Gasteiger partial charge in [0, 0.05) is 38.9 Å². The maximum Gasteiger partial charge on any atom is 0.315 e. The fraction of sp³-hybridized carbons (Fsp3) is 0.467. The van der Waals surface area contributed by atoms with E-state index in [1.165, 1.54) is 0 Å². The van der Waals surface area contributed by atoms with Crippen molar-refractivity contribution in [3.8, 4) is 0 Å². The van der Waals surface area contributed by atoms with Crippen molar-refractivity contribution >= 4 is 17.6 Å². The number of benzene rings is 1. The molecule has 0 aromatic heterocycles. The second-order valence-corrected chi connectivity index (χ2v) is 4.99. The van der Waals surface area contributed by atoms with Gasteiger partial charge in [-0.1, -0.05) is 18.2 Å². The van der Waals surface area contributed by atoms with Crippen LogP contribution in [0.1, 0.15) is 12.8 Å². The van der Waals surface area contributed by atoms with Crippen LogP contribution >= 0.6 is 0 Å². The maximum atomic E-state index is 12.0. The molecule has 6 heteroatoms. The molecule has 1 aliphatic rings. The SMILES string of the molecule is COCCCNC(=O)NC1CC(=O)N(c2ccccc2)C1. The third kappa shape index (κ3) is 4.46. The zero-order valence-electron chi connectivity index (χ0n) is 12.2. The molecular formula is C15H21N3O3. The van der Waals surface area contributed by atoms with Crippen LogP contribution in [0.2, 0.25) is 0 Å². The lowest BCUT2D eigenvalue weighted by atomic mass is 10.2. The van der Waals surface area contributed by atoms with E-state index in [0.29, 0.717) is 26.1 Å². The second kappa shape index (κ2) is 7.64. The van der Waals surface area contributed by atoms with Crippen molar-refractivity contribution in [2.75, 3.05) is 31.7 Å². The van der Waals surface area contributed by atoms with Gasteiger partial charge in [0.05, 0.1) is 6.04 Å². The standard InChI is InChI=1S/C15H21N3O3/c1-21-9-5-8-16-15(20)17-12-10-14(19)18(11-12)13-6-3-2-4-7-13/h2-4,6-7,12H,5,8-11H2,1H3,(H2,16,17,20). The van der Waals surface area contributed by atoms with Crippen LogP contribution in [-0.4, -0.2) is 44.8 Å². The van der Waals surface area contributed by atoms with Crippen LogP contribution in [0.5, 0.6) is 0 Å². The van der Waals surface area contributed by atoms with Crippen LogP contribution in [0.3, 0.4) is 0 Å². The summed E-state index contributed by atoms with van der Waals surface area (Å²) < 4.78 is 4.91. The molecule has 2 rings (SSSR count). The van der Waals surface area contributed by atoms with E-state index in [9.17, 15) is 9.59 Å². The molecule has 2 N–H and O–H groups in total. The summed E-state index contributed by atoms with van der Waals surface area (Å²) in [6.45, 7) is 1.68. The minimum Gasteiger partial charge on any atom is -0.385 e. The number of anilines is 1. The van der Waals surface area contributed by atoms with Gasteiger partial charge < -0.3 is 20.3 Å². The number of amides is 3. The first-order chi connectivity index (χ1) is 10.2. The highest BCUT2D eigenvalue weighted by molar-refractivity contribution is 5.96. The molecule has 21 heavy (non-hydrogen) atoms. The van der Waals surface area contributed by atoms with Crippen LogP contribution in [0.15, 0.2) is 30.3 Å². The molecule has 1 saturated heterocycles. The summed E-state index contributed by atoms with van der Waals surface area (Å²) in [6, 6.07) is 9.10. The molecule has 3 amide bonds. The van der Waals surface area contributed by atoms with Crippen LogP contribution in [-0.2, 0) is 9.53 Å². The Morgan fingerprint density at radius 1 is 1.38 bits per heavy atom. The summed E-state index contributed by atoms with van der Waals surface area (Å²) in [4.78, 5) is 25.4. The van der Waals surface area contributed by atoms with Crippen molar-refractivity contribution in [3.63, 3.8) is 0 Å². The zero-order chi connectivity index (χ0) is 15.1. The van der Waals surface area contributed by atoms with Crippen molar-refractivity contribution in [1.29, 1.82) is 0 Å². The Morgan fingerprint density at radius 3 is 2.86 bits per heavy atom. The molecule has 1 unspecified atom stereocenters. The van der Waals surface area contributed by atoms with E-state index < -0.39 is 0 Å². The quantitative estimate of drug-likeness (QED) is 0.772. The van der Waals surface area contributed by atoms with Gasteiger partial charge in [0.2, 0.25) is 5.91 Å². The molecule has 1 heterocycles. The Labute approximate surface area is 124 Å². The van der Waals surface area contributed by atoms with E-state index in [-0.39, 0.29) is 18.0 Å². The van der Waals surface area contributed by atoms with Gasteiger partial charge in [-0.25, -0.2) is 4.79 Å². The van der Waals surface area contributed by atoms with Gasteiger partial charge in [-0.2, -0.15) is 0 Å². The fourth-order valence-corrected chi connectivity index (χ4v) is 2.32. The Kier molecular flexibility index (Phi) is 5.57. The predicted molar refractivity (Wildman–Crippen MR) is 80.2 cm³/mol. The number of nitrogens with one attached hydrogen (secondary N) is 2. The number of nitrogens with zero attached hydrogens (tertiary/aromatic N) is 1. The fourth-order valence-electron chi connectivity index (χ4n) is 2.32. The lowest BCUT2D eigenvalue weighted by Gasteiger charge is -2.17. The normalized spacial score (nSPS) is 17.9. The molecule has 0 saturated carbocycles. The topological polar surface area (TPSA) is 70.7 Å². The maximum absolute atomic E-state index is 12.0. The highest BCUT2D eigenvalue weighted by atomic mass is 16.5. The highest BCUT2D eigenvalue weighted by Crippen LogP contribution is 2.20. The van der Waals surface area contributed by atoms with E-state index in [0.717, 1.165) is 12.1 Å². The first kappa shape index (κ1) is 15.3. The molecule has 0 spiro atoms. The lowest BCUT2D eigenvalue weighted by Crippen LogP contribution is -2.43. The average Bonchev–Trinajstić information content (AvgIpc) is 2.85. The Morgan fingerprint density at radius 2 is 2.14 bits per heavy atom. The van der Waals surface area contributed by atoms with Crippen molar-refractivity contribution in [3.05, 3.63) is 30.3 Å². The summed E-state index contributed by atoms with van der Waals surface area (Å²) in [7, 11) is 1.63. The minimum atomic E-state index is -0.237. The van der Waals surface area contributed by atoms with Gasteiger partial charge in [0.15, 0.2) is 0 Å². The van der Waals surface area contributed by atoms with E-state index in [1.807, 2.05) is 30.3 Å². The molecule has 1 atom stereocenters. The number of ether oxygens (including phenoxy) is 1. The van der Waals surface area contributed by atoms with E-state index >= 15 is 0 Å². The number of methoxy groups -OCH3 is 1. The van der Waals surface area contributed by atoms with Crippen molar-refractivity contribution in [2.45, 2.75) is 18.9 Å². The third-order valence-electron chi connectivity index (χ3n) is 3.34. The number of hydrogen-bond donors (Lipinski definition) is 2. The molecule has 6 nitrogen and oxygen atoms in total. The number of hydrogen-bond acceptors (Lipinski definition) is 3. The predicted octanol–water partition coefficient (Wildman–Crippen LogP) is 1.13. The van der Waals surface area contributed by atoms with Gasteiger partial charge in [-0.05, 0) is 18.6 Å². The Bertz CT molecular complexity index is 478. The van der Waals surface area contributed by atoms with Crippen LogP contribution in [0.25, 0.3) is 0 Å². The van der Waals surface area contributed by atoms with E-state index in [1.54, 1.807) is 12.0 Å². The monoisotopic (exact) mass is 291 g/mol. The molecule has 1 fully saturated rings. The Balaban J connectivity index is 1.79. The number of rotatable bonds is 6. The zero-order valence-corrected chi connectivity index (χ0v) is 12.2. The van der Waals surface area contributed by atoms with Crippen molar-refractivity contribution in [2.24, 2.45) is 0 Å². The molecular weight excluding hydrogens is 270 g/mol. The Hall–Kier alpha value is -2.08. The summed E-state index contributed by atoms with van der Waals surface area (Å²) in [5.74, 6) is 0.0332. The first-order valence-electron chi connectivity index (χ1n) is 7.09. The van der Waals surface area contributed by atoms with Gasteiger partial charge in [0.25, 0.3) is 0 Å². The van der Waals surface area contributed by atoms with Crippen molar-refractivity contribution < 1.29 is 14.3 Å². The largest absolute Gasteiger partial charge is 0.385 e. The van der Waals surface area contributed by atoms with Crippen LogP contribution < -0.4 is 15.5 Å². The smallest absolute Gasteiger partial charge is 0.315 e. The summed E-state index contributed by atoms with van der Waals surface area (Å²) in [6.07, 6.45) is 1.10. The van der Waals surface area contributed by atoms with Crippen LogP contribution in [0, 0.1) is 0 Å². The first-order valence-corrected chi connectivity index (χ1v) is 7.09. The van der Waals surface area contributed by atoms with E-state index in [4.69, 9.17) is 4.74 Å². The molecule has 1 aromatic rings. The molecule has 0 aliphatic carbocycles. The molecule has 1 aliphatic heterocycles. The lowest BCUT2D eigenvalue weighted by molar-refractivity contribution is -0.117. The minimum absolute atomic E-state index is 0.0332. The number of para-hydroxylation sites is 1. The van der Waals surface area contributed by atoms with Gasteiger partial charge >= 0.3 is 6.03 Å². The molecule has 114 valence electrons. The average molecular weight is 291 g/mol. The van der Waals surface area contributed by atoms with Crippen molar-refractivity contribution in [1.82, 2.24) is 10.6 Å². The summed E-state index contributed by atoms with van der Waals surface area (Å²) >= 11 is 0. The van der Waals surface area contributed by atoms with Gasteiger partial charge in [-0.3, -0.25) is 4.79 Å². The number of carbonyl (C=O) groups is 2. The second-order valence-electron chi connectivity index (χ2n) is 4.99. The summed E-state index contributed by atoms with van der Waals surface area (Å²) in [5, 5.41) is 5.59. The van der Waals surface area contributed by atoms with Gasteiger partial charge in [0.1, 0.15) is 0 Å².